The minimum atomic E-state index is -3.16. The van der Waals surface area contributed by atoms with E-state index in [1.54, 1.807) is 12.1 Å². The van der Waals surface area contributed by atoms with Crippen LogP contribution in [0.4, 0.5) is 0 Å². The predicted molar refractivity (Wildman–Crippen MR) is 83.1 cm³/mol. The molecular weight excluding hydrogens is 302 g/mol. The molecule has 6 nitrogen and oxygen atoms in total. The Morgan fingerprint density at radius 3 is 2.27 bits per heavy atom. The van der Waals surface area contributed by atoms with E-state index in [-0.39, 0.29) is 6.04 Å². The van der Waals surface area contributed by atoms with E-state index in [9.17, 15) is 8.42 Å². The van der Waals surface area contributed by atoms with E-state index in [1.165, 1.54) is 6.26 Å². The van der Waals surface area contributed by atoms with E-state index in [4.69, 9.17) is 4.42 Å². The smallest absolute Gasteiger partial charge is 0.230 e. The van der Waals surface area contributed by atoms with Gasteiger partial charge in [-0.1, -0.05) is 19.1 Å². The fourth-order valence-electron chi connectivity index (χ4n) is 2.09. The van der Waals surface area contributed by atoms with E-state index in [0.717, 1.165) is 12.0 Å². The molecular formula is C15H21N3O3S. The molecule has 2 rings (SSSR count). The lowest BCUT2D eigenvalue weighted by molar-refractivity contribution is 0.226. The third-order valence-electron chi connectivity index (χ3n) is 3.65. The molecule has 0 fully saturated rings. The van der Waals surface area contributed by atoms with Gasteiger partial charge in [-0.2, -0.15) is 0 Å². The van der Waals surface area contributed by atoms with Gasteiger partial charge >= 0.3 is 0 Å². The van der Waals surface area contributed by atoms with Gasteiger partial charge in [0.25, 0.3) is 0 Å². The minimum absolute atomic E-state index is 0.102. The summed E-state index contributed by atoms with van der Waals surface area (Å²) in [5, 5.41) is 7.96. The number of aromatic nitrogens is 2. The Balaban J connectivity index is 2.08. The molecule has 1 heterocycles. The Labute approximate surface area is 131 Å². The molecule has 7 heteroatoms. The maximum atomic E-state index is 11.5. The molecule has 22 heavy (non-hydrogen) atoms. The van der Waals surface area contributed by atoms with Crippen LogP contribution in [0.5, 0.6) is 0 Å². The number of aryl methyl sites for hydroxylation is 1. The van der Waals surface area contributed by atoms with Crippen LogP contribution in [0.25, 0.3) is 0 Å². The first-order chi connectivity index (χ1) is 10.3. The van der Waals surface area contributed by atoms with Crippen molar-refractivity contribution in [3.63, 3.8) is 0 Å². The molecule has 0 spiro atoms. The molecule has 0 aliphatic heterocycles. The van der Waals surface area contributed by atoms with Gasteiger partial charge in [0.2, 0.25) is 11.8 Å². The van der Waals surface area contributed by atoms with Crippen LogP contribution in [-0.4, -0.2) is 36.8 Å². The van der Waals surface area contributed by atoms with Crippen LogP contribution in [-0.2, 0) is 22.8 Å². The van der Waals surface area contributed by atoms with Crippen LogP contribution in [0.2, 0.25) is 0 Å². The molecule has 0 bridgehead atoms. The summed E-state index contributed by atoms with van der Waals surface area (Å²) in [6, 6.07) is 7.05. The SMILES string of the molecule is CCc1nnc(CN(C)[C@H](C)c2ccc(S(C)(=O)=O)cc2)o1. The summed E-state index contributed by atoms with van der Waals surface area (Å²) in [7, 11) is -1.20. The van der Waals surface area contributed by atoms with E-state index >= 15 is 0 Å². The van der Waals surface area contributed by atoms with Crippen molar-refractivity contribution < 1.29 is 12.8 Å². The van der Waals surface area contributed by atoms with E-state index < -0.39 is 9.84 Å². The number of hydrogen-bond donors (Lipinski definition) is 0. The molecule has 0 aliphatic rings. The molecule has 0 N–H and O–H groups in total. The van der Waals surface area contributed by atoms with Crippen molar-refractivity contribution in [2.75, 3.05) is 13.3 Å². The summed E-state index contributed by atoms with van der Waals surface area (Å²) >= 11 is 0. The van der Waals surface area contributed by atoms with Crippen molar-refractivity contribution in [3.05, 3.63) is 41.6 Å². The number of sulfone groups is 1. The second-order valence-electron chi connectivity index (χ2n) is 5.38. The van der Waals surface area contributed by atoms with E-state index in [0.29, 0.717) is 23.2 Å². The average Bonchev–Trinajstić information content (AvgIpc) is 2.93. The molecule has 0 aliphatic carbocycles. The predicted octanol–water partition coefficient (Wildman–Crippen LogP) is 2.23. The van der Waals surface area contributed by atoms with Gasteiger partial charge in [0.15, 0.2) is 9.84 Å². The van der Waals surface area contributed by atoms with Crippen LogP contribution in [0, 0.1) is 0 Å². The summed E-state index contributed by atoms with van der Waals surface area (Å²) in [6.45, 7) is 4.56. The summed E-state index contributed by atoms with van der Waals surface area (Å²) in [5.41, 5.74) is 1.03. The Kier molecular flexibility index (Phi) is 4.97. The lowest BCUT2D eigenvalue weighted by Gasteiger charge is -2.23. The number of nitrogens with zero attached hydrogens (tertiary/aromatic N) is 3. The highest BCUT2D eigenvalue weighted by molar-refractivity contribution is 7.90. The molecule has 0 saturated heterocycles. The molecule has 2 aromatic rings. The molecule has 1 aromatic heterocycles. The minimum Gasteiger partial charge on any atom is -0.424 e. The Hall–Kier alpha value is -1.73. The summed E-state index contributed by atoms with van der Waals surface area (Å²) in [5.74, 6) is 1.22. The van der Waals surface area contributed by atoms with Gasteiger partial charge in [0.05, 0.1) is 11.4 Å². The monoisotopic (exact) mass is 323 g/mol. The zero-order chi connectivity index (χ0) is 16.3. The lowest BCUT2D eigenvalue weighted by Crippen LogP contribution is -2.22. The van der Waals surface area contributed by atoms with Crippen molar-refractivity contribution in [2.45, 2.75) is 37.8 Å². The molecule has 1 atom stereocenters. The summed E-state index contributed by atoms with van der Waals surface area (Å²) in [4.78, 5) is 2.40. The van der Waals surface area contributed by atoms with Gasteiger partial charge in [-0.25, -0.2) is 8.42 Å². The number of rotatable bonds is 6. The topological polar surface area (TPSA) is 76.3 Å². The first kappa shape index (κ1) is 16.6. The molecule has 120 valence electrons. The highest BCUT2D eigenvalue weighted by Gasteiger charge is 2.16. The van der Waals surface area contributed by atoms with Gasteiger partial charge in [-0.3, -0.25) is 4.90 Å². The van der Waals surface area contributed by atoms with Crippen LogP contribution >= 0.6 is 0 Å². The second kappa shape index (κ2) is 6.58. The maximum absolute atomic E-state index is 11.5. The van der Waals surface area contributed by atoms with Gasteiger partial charge in [-0.15, -0.1) is 10.2 Å². The van der Waals surface area contributed by atoms with Gasteiger partial charge in [0.1, 0.15) is 0 Å². The van der Waals surface area contributed by atoms with Crippen molar-refractivity contribution >= 4 is 9.84 Å². The molecule has 1 aromatic carbocycles. The average molecular weight is 323 g/mol. The second-order valence-corrected chi connectivity index (χ2v) is 7.39. The summed E-state index contributed by atoms with van der Waals surface area (Å²) in [6.07, 6.45) is 1.93. The zero-order valence-electron chi connectivity index (χ0n) is 13.3. The van der Waals surface area contributed by atoms with Crippen molar-refractivity contribution in [3.8, 4) is 0 Å². The van der Waals surface area contributed by atoms with E-state index in [2.05, 4.69) is 15.1 Å². The summed E-state index contributed by atoms with van der Waals surface area (Å²) < 4.78 is 28.5. The van der Waals surface area contributed by atoms with Gasteiger partial charge < -0.3 is 4.42 Å². The van der Waals surface area contributed by atoms with Crippen LogP contribution in [0.15, 0.2) is 33.6 Å². The third-order valence-corrected chi connectivity index (χ3v) is 4.78. The third kappa shape index (κ3) is 3.92. The van der Waals surface area contributed by atoms with Crippen LogP contribution < -0.4 is 0 Å². The Morgan fingerprint density at radius 2 is 1.77 bits per heavy atom. The van der Waals surface area contributed by atoms with Crippen LogP contribution in [0.3, 0.4) is 0 Å². The molecule has 0 radical (unpaired) electrons. The Morgan fingerprint density at radius 1 is 1.18 bits per heavy atom. The number of benzene rings is 1. The zero-order valence-corrected chi connectivity index (χ0v) is 14.1. The fraction of sp³-hybridized carbons (Fsp3) is 0.467. The van der Waals surface area contributed by atoms with Crippen LogP contribution in [0.1, 0.15) is 37.2 Å². The molecule has 0 unspecified atom stereocenters. The molecule has 0 saturated carbocycles. The van der Waals surface area contributed by atoms with Gasteiger partial charge in [-0.05, 0) is 31.7 Å². The quantitative estimate of drug-likeness (QED) is 0.811. The molecule has 0 amide bonds. The standard InChI is InChI=1S/C15H21N3O3S/c1-5-14-16-17-15(21-14)10-18(3)11(2)12-6-8-13(9-7-12)22(4,19)20/h6-9,11H,5,10H2,1-4H3/t11-/m1/s1. The lowest BCUT2D eigenvalue weighted by atomic mass is 10.1. The highest BCUT2D eigenvalue weighted by atomic mass is 32.2. The van der Waals surface area contributed by atoms with Crippen molar-refractivity contribution in [1.82, 2.24) is 15.1 Å². The van der Waals surface area contributed by atoms with Gasteiger partial charge in [0, 0.05) is 18.7 Å². The highest BCUT2D eigenvalue weighted by Crippen LogP contribution is 2.22. The van der Waals surface area contributed by atoms with E-state index in [1.807, 2.05) is 33.0 Å². The Bertz CT molecular complexity index is 723. The normalized spacial score (nSPS) is 13.5. The first-order valence-electron chi connectivity index (χ1n) is 7.12. The fourth-order valence-corrected chi connectivity index (χ4v) is 2.72. The van der Waals surface area contributed by atoms with Crippen molar-refractivity contribution in [2.24, 2.45) is 0 Å². The largest absolute Gasteiger partial charge is 0.424 e. The maximum Gasteiger partial charge on any atom is 0.230 e. The first-order valence-corrected chi connectivity index (χ1v) is 9.02. The number of hydrogen-bond acceptors (Lipinski definition) is 6. The van der Waals surface area contributed by atoms with Crippen molar-refractivity contribution in [1.29, 1.82) is 0 Å².